The highest BCUT2D eigenvalue weighted by molar-refractivity contribution is 9.09. The van der Waals surface area contributed by atoms with Crippen LogP contribution in [0.1, 0.15) is 25.7 Å². The van der Waals surface area contributed by atoms with E-state index in [0.717, 1.165) is 24.6 Å². The summed E-state index contributed by atoms with van der Waals surface area (Å²) in [6.07, 6.45) is 7.34. The Kier molecular flexibility index (Phi) is 9.59. The van der Waals surface area contributed by atoms with Crippen LogP contribution in [0, 0.1) is 0 Å². The van der Waals surface area contributed by atoms with Gasteiger partial charge in [-0.05, 0) is 12.8 Å². The summed E-state index contributed by atoms with van der Waals surface area (Å²) in [6.45, 7) is 8.51. The van der Waals surface area contributed by atoms with E-state index in [4.69, 9.17) is 0 Å². The molecular formula is C12H20BrNO. The van der Waals surface area contributed by atoms with Crippen LogP contribution in [-0.2, 0) is 4.79 Å². The number of amides is 1. The number of unbranched alkanes of at least 4 members (excludes halogenated alkanes) is 2. The van der Waals surface area contributed by atoms with Crippen molar-refractivity contribution >= 4 is 21.8 Å². The first-order valence-corrected chi connectivity index (χ1v) is 6.44. The topological polar surface area (TPSA) is 20.3 Å². The van der Waals surface area contributed by atoms with Gasteiger partial charge in [-0.3, -0.25) is 4.79 Å². The normalized spacial score (nSPS) is 9.67. The second-order valence-electron chi connectivity index (χ2n) is 3.38. The van der Waals surface area contributed by atoms with Gasteiger partial charge in [-0.1, -0.05) is 34.5 Å². The molecule has 0 bridgehead atoms. The molecule has 0 rings (SSSR count). The molecule has 0 N–H and O–H groups in total. The highest BCUT2D eigenvalue weighted by Crippen LogP contribution is 2.05. The lowest BCUT2D eigenvalue weighted by Gasteiger charge is -2.19. The lowest BCUT2D eigenvalue weighted by molar-refractivity contribution is -0.130. The first-order chi connectivity index (χ1) is 7.26. The van der Waals surface area contributed by atoms with Crippen LogP contribution < -0.4 is 0 Å². The van der Waals surface area contributed by atoms with Crippen molar-refractivity contribution in [2.75, 3.05) is 18.4 Å². The van der Waals surface area contributed by atoms with Crippen LogP contribution in [0.4, 0.5) is 0 Å². The molecule has 0 aliphatic rings. The number of hydrogen-bond donors (Lipinski definition) is 0. The van der Waals surface area contributed by atoms with Gasteiger partial charge in [0.1, 0.15) is 0 Å². The van der Waals surface area contributed by atoms with E-state index in [0.29, 0.717) is 19.5 Å². The maximum absolute atomic E-state index is 11.7. The van der Waals surface area contributed by atoms with Crippen LogP contribution in [0.15, 0.2) is 25.3 Å². The Bertz CT molecular complexity index is 194. The Morgan fingerprint density at radius 1 is 1.13 bits per heavy atom. The van der Waals surface area contributed by atoms with E-state index in [9.17, 15) is 4.79 Å². The minimum Gasteiger partial charge on any atom is -0.335 e. The predicted molar refractivity (Wildman–Crippen MR) is 69.2 cm³/mol. The summed E-state index contributed by atoms with van der Waals surface area (Å²) in [6, 6.07) is 0. The van der Waals surface area contributed by atoms with Gasteiger partial charge in [-0.2, -0.15) is 0 Å². The van der Waals surface area contributed by atoms with Crippen LogP contribution in [0.2, 0.25) is 0 Å². The van der Waals surface area contributed by atoms with Gasteiger partial charge in [0.25, 0.3) is 0 Å². The second kappa shape index (κ2) is 9.97. The van der Waals surface area contributed by atoms with Crippen molar-refractivity contribution in [3.8, 4) is 0 Å². The second-order valence-corrected chi connectivity index (χ2v) is 4.17. The molecule has 0 atom stereocenters. The number of hydrogen-bond acceptors (Lipinski definition) is 1. The van der Waals surface area contributed by atoms with Gasteiger partial charge < -0.3 is 4.90 Å². The van der Waals surface area contributed by atoms with Crippen molar-refractivity contribution < 1.29 is 4.79 Å². The molecule has 0 aliphatic heterocycles. The molecule has 86 valence electrons. The molecule has 3 heteroatoms. The van der Waals surface area contributed by atoms with Gasteiger partial charge in [0.15, 0.2) is 0 Å². The number of carbonyl (C=O) groups excluding carboxylic acids is 1. The van der Waals surface area contributed by atoms with Gasteiger partial charge in [-0.25, -0.2) is 0 Å². The summed E-state index contributed by atoms with van der Waals surface area (Å²) in [7, 11) is 0. The fourth-order valence-corrected chi connectivity index (χ4v) is 1.69. The molecule has 0 spiro atoms. The minimum absolute atomic E-state index is 0.198. The summed E-state index contributed by atoms with van der Waals surface area (Å²) in [5.41, 5.74) is 0. The van der Waals surface area contributed by atoms with Gasteiger partial charge in [0.2, 0.25) is 5.91 Å². The number of halogens is 1. The zero-order chi connectivity index (χ0) is 11.5. The lowest BCUT2D eigenvalue weighted by atomic mass is 10.2. The van der Waals surface area contributed by atoms with Crippen molar-refractivity contribution in [3.63, 3.8) is 0 Å². The van der Waals surface area contributed by atoms with Crippen molar-refractivity contribution in [3.05, 3.63) is 25.3 Å². The van der Waals surface area contributed by atoms with Crippen LogP contribution in [-0.4, -0.2) is 29.2 Å². The SMILES string of the molecule is C=CCN(CC=C)C(=O)CCCCCBr. The highest BCUT2D eigenvalue weighted by Gasteiger charge is 2.09. The Balaban J connectivity index is 3.80. The van der Waals surface area contributed by atoms with Crippen LogP contribution in [0.25, 0.3) is 0 Å². The van der Waals surface area contributed by atoms with E-state index in [1.54, 1.807) is 17.1 Å². The molecule has 1 amide bonds. The van der Waals surface area contributed by atoms with Crippen molar-refractivity contribution in [1.29, 1.82) is 0 Å². The largest absolute Gasteiger partial charge is 0.335 e. The quantitative estimate of drug-likeness (QED) is 0.359. The maximum atomic E-state index is 11.7. The van der Waals surface area contributed by atoms with E-state index < -0.39 is 0 Å². The van der Waals surface area contributed by atoms with Gasteiger partial charge in [0, 0.05) is 24.8 Å². The van der Waals surface area contributed by atoms with Crippen molar-refractivity contribution in [1.82, 2.24) is 4.90 Å². The van der Waals surface area contributed by atoms with Crippen LogP contribution in [0.3, 0.4) is 0 Å². The summed E-state index contributed by atoms with van der Waals surface area (Å²) in [4.78, 5) is 13.5. The summed E-state index contributed by atoms with van der Waals surface area (Å²) < 4.78 is 0. The molecule has 0 fully saturated rings. The minimum atomic E-state index is 0.198. The Labute approximate surface area is 101 Å². The number of alkyl halides is 1. The zero-order valence-corrected chi connectivity index (χ0v) is 10.8. The molecule has 0 aromatic carbocycles. The molecule has 0 aromatic rings. The first-order valence-electron chi connectivity index (χ1n) is 5.31. The van der Waals surface area contributed by atoms with E-state index in [-0.39, 0.29) is 5.91 Å². The Hall–Kier alpha value is -0.570. The lowest BCUT2D eigenvalue weighted by Crippen LogP contribution is -2.30. The average molecular weight is 274 g/mol. The maximum Gasteiger partial charge on any atom is 0.223 e. The number of carbonyl (C=O) groups is 1. The predicted octanol–water partition coefficient (Wildman–Crippen LogP) is 3.14. The molecule has 0 unspecified atom stereocenters. The van der Waals surface area contributed by atoms with E-state index in [1.807, 2.05) is 0 Å². The summed E-state index contributed by atoms with van der Waals surface area (Å²) in [5, 5.41) is 1.02. The third kappa shape index (κ3) is 7.37. The Morgan fingerprint density at radius 2 is 1.73 bits per heavy atom. The molecule has 0 radical (unpaired) electrons. The smallest absolute Gasteiger partial charge is 0.223 e. The van der Waals surface area contributed by atoms with Crippen LogP contribution in [0.5, 0.6) is 0 Å². The van der Waals surface area contributed by atoms with Crippen molar-refractivity contribution in [2.45, 2.75) is 25.7 Å². The molecule has 0 saturated heterocycles. The van der Waals surface area contributed by atoms with Gasteiger partial charge in [0.05, 0.1) is 0 Å². The third-order valence-electron chi connectivity index (χ3n) is 2.08. The van der Waals surface area contributed by atoms with E-state index >= 15 is 0 Å². The molecule has 0 aromatic heterocycles. The summed E-state index contributed by atoms with van der Waals surface area (Å²) in [5.74, 6) is 0.198. The van der Waals surface area contributed by atoms with Gasteiger partial charge in [-0.15, -0.1) is 13.2 Å². The standard InChI is InChI=1S/C12H20BrNO/c1-3-10-14(11-4-2)12(15)8-6-5-7-9-13/h3-4H,1-2,5-11H2. The van der Waals surface area contributed by atoms with Gasteiger partial charge >= 0.3 is 0 Å². The fraction of sp³-hybridized carbons (Fsp3) is 0.583. The molecule has 0 saturated carbocycles. The van der Waals surface area contributed by atoms with E-state index in [2.05, 4.69) is 29.1 Å². The van der Waals surface area contributed by atoms with E-state index in [1.165, 1.54) is 0 Å². The average Bonchev–Trinajstić information content (AvgIpc) is 2.24. The highest BCUT2D eigenvalue weighted by atomic mass is 79.9. The number of rotatable bonds is 9. The molecule has 0 heterocycles. The monoisotopic (exact) mass is 273 g/mol. The fourth-order valence-electron chi connectivity index (χ4n) is 1.30. The number of nitrogens with zero attached hydrogens (tertiary/aromatic N) is 1. The molecule has 15 heavy (non-hydrogen) atoms. The molecule has 2 nitrogen and oxygen atoms in total. The zero-order valence-electron chi connectivity index (χ0n) is 9.25. The van der Waals surface area contributed by atoms with Crippen molar-refractivity contribution in [2.24, 2.45) is 0 Å². The third-order valence-corrected chi connectivity index (χ3v) is 2.64. The molecule has 0 aliphatic carbocycles. The Morgan fingerprint density at radius 3 is 2.20 bits per heavy atom. The van der Waals surface area contributed by atoms with Crippen LogP contribution >= 0.6 is 15.9 Å². The summed E-state index contributed by atoms with van der Waals surface area (Å²) >= 11 is 3.37. The first kappa shape index (κ1) is 14.4. The molecular weight excluding hydrogens is 254 g/mol.